The van der Waals surface area contributed by atoms with Crippen molar-refractivity contribution in [2.75, 3.05) is 11.9 Å². The van der Waals surface area contributed by atoms with Crippen LogP contribution in [-0.4, -0.2) is 33.4 Å². The Kier molecular flexibility index (Phi) is 4.98. The maximum absolute atomic E-state index is 11.8. The van der Waals surface area contributed by atoms with E-state index in [1.165, 1.54) is 0 Å². The van der Waals surface area contributed by atoms with Crippen LogP contribution in [0.3, 0.4) is 0 Å². The van der Waals surface area contributed by atoms with Crippen molar-refractivity contribution in [1.29, 1.82) is 0 Å². The molecule has 0 atom stereocenters. The second kappa shape index (κ2) is 6.93. The van der Waals surface area contributed by atoms with Crippen molar-refractivity contribution in [1.82, 2.24) is 15.1 Å². The molecule has 0 bridgehead atoms. The van der Waals surface area contributed by atoms with Crippen molar-refractivity contribution < 1.29 is 14.7 Å². The highest BCUT2D eigenvalue weighted by molar-refractivity contribution is 5.92. The van der Waals surface area contributed by atoms with Gasteiger partial charge in [0.25, 0.3) is 0 Å². The summed E-state index contributed by atoms with van der Waals surface area (Å²) in [5.41, 5.74) is 1.63. The molecule has 22 heavy (non-hydrogen) atoms. The predicted octanol–water partition coefficient (Wildman–Crippen LogP) is 2.60. The first kappa shape index (κ1) is 15.8. The zero-order valence-electron chi connectivity index (χ0n) is 12.7. The van der Waals surface area contributed by atoms with Crippen LogP contribution in [0.1, 0.15) is 32.7 Å². The van der Waals surface area contributed by atoms with Gasteiger partial charge in [-0.3, -0.25) is 9.48 Å². The quantitative estimate of drug-likeness (QED) is 0.715. The zero-order valence-corrected chi connectivity index (χ0v) is 12.7. The minimum Gasteiger partial charge on any atom is -0.481 e. The number of nitrogens with zero attached hydrogens (tertiary/aromatic N) is 2. The summed E-state index contributed by atoms with van der Waals surface area (Å²) in [4.78, 5) is 22.1. The highest BCUT2D eigenvalue weighted by Crippen LogP contribution is 2.21. The van der Waals surface area contributed by atoms with E-state index in [4.69, 9.17) is 5.11 Å². The Morgan fingerprint density at radius 1 is 1.36 bits per heavy atom. The van der Waals surface area contributed by atoms with Crippen LogP contribution < -0.4 is 10.6 Å². The Hall–Kier alpha value is -2.57. The molecule has 0 unspecified atom stereocenters. The number of hydrogen-bond donors (Lipinski definition) is 3. The Morgan fingerprint density at radius 2 is 2.14 bits per heavy atom. The van der Waals surface area contributed by atoms with E-state index in [-0.39, 0.29) is 18.5 Å². The van der Waals surface area contributed by atoms with Gasteiger partial charge >= 0.3 is 12.0 Å². The smallest absolute Gasteiger partial charge is 0.319 e. The van der Waals surface area contributed by atoms with Gasteiger partial charge in [0.1, 0.15) is 0 Å². The molecule has 0 aliphatic rings. The third kappa shape index (κ3) is 3.97. The number of carbonyl (C=O) groups excluding carboxylic acids is 1. The second-order valence-electron chi connectivity index (χ2n) is 5.33. The molecular weight excluding hydrogens is 284 g/mol. The number of aliphatic carboxylic acids is 1. The molecule has 0 saturated heterocycles. The number of aromatic nitrogens is 2. The molecule has 0 radical (unpaired) electrons. The third-order valence-electron chi connectivity index (χ3n) is 3.20. The molecule has 2 rings (SSSR count). The Labute approximate surface area is 128 Å². The number of benzene rings is 1. The SMILES string of the molecule is CC(C)n1ncc2ccc(NC(=O)NCCCC(=O)O)cc21. The van der Waals surface area contributed by atoms with Crippen LogP contribution >= 0.6 is 0 Å². The number of hydrogen-bond acceptors (Lipinski definition) is 3. The van der Waals surface area contributed by atoms with Crippen molar-refractivity contribution in [3.05, 3.63) is 24.4 Å². The fraction of sp³-hybridized carbons (Fsp3) is 0.400. The lowest BCUT2D eigenvalue weighted by Crippen LogP contribution is -2.29. The summed E-state index contributed by atoms with van der Waals surface area (Å²) in [6.07, 6.45) is 2.24. The molecule has 0 aliphatic heterocycles. The van der Waals surface area contributed by atoms with Crippen LogP contribution in [0.25, 0.3) is 10.9 Å². The van der Waals surface area contributed by atoms with E-state index in [1.54, 1.807) is 6.20 Å². The first-order valence-corrected chi connectivity index (χ1v) is 7.21. The molecule has 0 spiro atoms. The number of carbonyl (C=O) groups is 2. The normalized spacial score (nSPS) is 10.9. The second-order valence-corrected chi connectivity index (χ2v) is 5.33. The zero-order chi connectivity index (χ0) is 16.1. The number of carboxylic acid groups (broad SMARTS) is 1. The number of rotatable bonds is 6. The lowest BCUT2D eigenvalue weighted by Gasteiger charge is -2.10. The van der Waals surface area contributed by atoms with Gasteiger partial charge < -0.3 is 15.7 Å². The predicted molar refractivity (Wildman–Crippen MR) is 84.0 cm³/mol. The molecule has 7 heteroatoms. The topological polar surface area (TPSA) is 96.3 Å². The van der Waals surface area contributed by atoms with E-state index < -0.39 is 5.97 Å². The summed E-state index contributed by atoms with van der Waals surface area (Å²) in [6, 6.07) is 5.48. The number of amides is 2. The molecule has 2 amide bonds. The molecule has 1 heterocycles. The number of urea groups is 1. The van der Waals surface area contributed by atoms with Crippen molar-refractivity contribution >= 4 is 28.6 Å². The van der Waals surface area contributed by atoms with E-state index in [2.05, 4.69) is 15.7 Å². The summed E-state index contributed by atoms with van der Waals surface area (Å²) in [7, 11) is 0. The van der Waals surface area contributed by atoms with Gasteiger partial charge in [0.2, 0.25) is 0 Å². The van der Waals surface area contributed by atoms with Gasteiger partial charge in [-0.15, -0.1) is 0 Å². The van der Waals surface area contributed by atoms with E-state index in [0.29, 0.717) is 18.7 Å². The molecule has 7 nitrogen and oxygen atoms in total. The van der Waals surface area contributed by atoms with Crippen LogP contribution in [0.4, 0.5) is 10.5 Å². The largest absolute Gasteiger partial charge is 0.481 e. The lowest BCUT2D eigenvalue weighted by molar-refractivity contribution is -0.137. The van der Waals surface area contributed by atoms with Crippen LogP contribution in [0.15, 0.2) is 24.4 Å². The van der Waals surface area contributed by atoms with Crippen molar-refractivity contribution in [3.63, 3.8) is 0 Å². The fourth-order valence-electron chi connectivity index (χ4n) is 2.14. The number of nitrogens with one attached hydrogen (secondary N) is 2. The maximum Gasteiger partial charge on any atom is 0.319 e. The van der Waals surface area contributed by atoms with Crippen molar-refractivity contribution in [2.45, 2.75) is 32.7 Å². The molecule has 0 saturated carbocycles. The van der Waals surface area contributed by atoms with Crippen LogP contribution in [-0.2, 0) is 4.79 Å². The highest BCUT2D eigenvalue weighted by Gasteiger charge is 2.08. The van der Waals surface area contributed by atoms with Gasteiger partial charge in [0.05, 0.1) is 11.7 Å². The average Bonchev–Trinajstić information content (AvgIpc) is 2.86. The molecule has 0 fully saturated rings. The third-order valence-corrected chi connectivity index (χ3v) is 3.20. The number of carboxylic acids is 1. The highest BCUT2D eigenvalue weighted by atomic mass is 16.4. The Morgan fingerprint density at radius 3 is 2.82 bits per heavy atom. The van der Waals surface area contributed by atoms with E-state index >= 15 is 0 Å². The van der Waals surface area contributed by atoms with Crippen molar-refractivity contribution in [3.8, 4) is 0 Å². The summed E-state index contributed by atoms with van der Waals surface area (Å²) < 4.78 is 1.89. The first-order valence-electron chi connectivity index (χ1n) is 7.21. The van der Waals surface area contributed by atoms with Crippen LogP contribution in [0, 0.1) is 0 Å². The first-order chi connectivity index (χ1) is 10.5. The van der Waals surface area contributed by atoms with Gasteiger partial charge in [-0.25, -0.2) is 4.79 Å². The Bertz CT molecular complexity index is 678. The molecule has 1 aromatic heterocycles. The molecular formula is C15H20N4O3. The van der Waals surface area contributed by atoms with E-state index in [0.717, 1.165) is 10.9 Å². The van der Waals surface area contributed by atoms with E-state index in [9.17, 15) is 9.59 Å². The molecule has 2 aromatic rings. The molecule has 118 valence electrons. The van der Waals surface area contributed by atoms with Crippen LogP contribution in [0.5, 0.6) is 0 Å². The summed E-state index contributed by atoms with van der Waals surface area (Å²) >= 11 is 0. The maximum atomic E-state index is 11.8. The number of anilines is 1. The summed E-state index contributed by atoms with van der Waals surface area (Å²) in [5.74, 6) is -0.866. The lowest BCUT2D eigenvalue weighted by atomic mass is 10.2. The monoisotopic (exact) mass is 304 g/mol. The van der Waals surface area contributed by atoms with Gasteiger partial charge in [-0.2, -0.15) is 5.10 Å². The van der Waals surface area contributed by atoms with Crippen molar-refractivity contribution in [2.24, 2.45) is 0 Å². The van der Waals surface area contributed by atoms with Gasteiger partial charge in [-0.05, 0) is 38.5 Å². The minimum absolute atomic E-state index is 0.0415. The standard InChI is InChI=1S/C15H20N4O3/c1-10(2)19-13-8-12(6-5-11(13)9-17-19)18-15(22)16-7-3-4-14(20)21/h5-6,8-10H,3-4,7H2,1-2H3,(H,20,21)(H2,16,18,22). The summed E-state index contributed by atoms with van der Waals surface area (Å²) in [5, 5.41) is 19.2. The Balaban J connectivity index is 1.97. The van der Waals surface area contributed by atoms with Crippen LogP contribution in [0.2, 0.25) is 0 Å². The van der Waals surface area contributed by atoms with Gasteiger partial charge in [0.15, 0.2) is 0 Å². The van der Waals surface area contributed by atoms with E-state index in [1.807, 2.05) is 36.7 Å². The number of fused-ring (bicyclic) bond motifs is 1. The summed E-state index contributed by atoms with van der Waals surface area (Å²) in [6.45, 7) is 4.41. The average molecular weight is 304 g/mol. The molecule has 1 aromatic carbocycles. The molecule has 3 N–H and O–H groups in total. The fourth-order valence-corrected chi connectivity index (χ4v) is 2.14. The minimum atomic E-state index is -0.866. The van der Waals surface area contributed by atoms with Gasteiger partial charge in [0, 0.05) is 30.1 Å². The molecule has 0 aliphatic carbocycles. The van der Waals surface area contributed by atoms with Gasteiger partial charge in [-0.1, -0.05) is 0 Å².